The number of aromatic nitrogens is 1. The van der Waals surface area contributed by atoms with Crippen LogP contribution in [0.25, 0.3) is 10.2 Å². The number of hydrogen-bond donors (Lipinski definition) is 3. The first-order valence-electron chi connectivity index (χ1n) is 8.06. The number of hydrogen-bond acceptors (Lipinski definition) is 5. The van der Waals surface area contributed by atoms with Crippen molar-refractivity contribution in [3.63, 3.8) is 0 Å². The first kappa shape index (κ1) is 18.2. The summed E-state index contributed by atoms with van der Waals surface area (Å²) in [6.07, 6.45) is 3.32. The molecule has 7 heteroatoms. The highest BCUT2D eigenvalue weighted by Crippen LogP contribution is 2.19. The van der Waals surface area contributed by atoms with E-state index in [0.717, 1.165) is 15.8 Å². The molecule has 0 radical (unpaired) electrons. The molecule has 0 aliphatic heterocycles. The molecule has 1 heterocycles. The molecule has 0 bridgehead atoms. The van der Waals surface area contributed by atoms with Gasteiger partial charge >= 0.3 is 0 Å². The predicted molar refractivity (Wildman–Crippen MR) is 110 cm³/mol. The van der Waals surface area contributed by atoms with Gasteiger partial charge in [-0.3, -0.25) is 5.41 Å². The lowest BCUT2D eigenvalue weighted by Crippen LogP contribution is -2.16. The maximum absolute atomic E-state index is 8.92. The minimum Gasteiger partial charge on any atom is -0.387 e. The van der Waals surface area contributed by atoms with Crippen LogP contribution in [0.5, 0.6) is 0 Å². The van der Waals surface area contributed by atoms with E-state index >= 15 is 0 Å². The Labute approximate surface area is 160 Å². The molecule has 2 aromatic carbocycles. The standard InChI is InChI=1S/C20H16N6S/c21-11-14-2-1-3-15(8-14)16(22)5-7-19(23)26-20(24)10-13-4-6-17-18(9-13)27-12-25-17/h1-9,12,22H,10H2,(H3,23,24,26)/b7-5-,22-16?. The van der Waals surface area contributed by atoms with E-state index in [0.29, 0.717) is 23.4 Å². The van der Waals surface area contributed by atoms with Gasteiger partial charge in [-0.25, -0.2) is 9.98 Å². The Balaban J connectivity index is 1.65. The van der Waals surface area contributed by atoms with Gasteiger partial charge in [0.25, 0.3) is 0 Å². The number of thiazole rings is 1. The number of nitrogens with two attached hydrogens (primary N) is 1. The number of nitrogens with zero attached hydrogens (tertiary/aromatic N) is 3. The van der Waals surface area contributed by atoms with Crippen LogP contribution >= 0.6 is 11.3 Å². The zero-order valence-corrected chi connectivity index (χ0v) is 15.1. The van der Waals surface area contributed by atoms with Crippen LogP contribution in [0, 0.1) is 22.1 Å². The maximum Gasteiger partial charge on any atom is 0.146 e. The molecule has 0 aliphatic rings. The first-order valence-corrected chi connectivity index (χ1v) is 8.94. The van der Waals surface area contributed by atoms with Crippen molar-refractivity contribution in [1.82, 2.24) is 4.98 Å². The van der Waals surface area contributed by atoms with Crippen molar-refractivity contribution in [2.24, 2.45) is 10.7 Å². The van der Waals surface area contributed by atoms with Gasteiger partial charge in [0.1, 0.15) is 11.7 Å². The van der Waals surface area contributed by atoms with E-state index in [4.69, 9.17) is 21.8 Å². The summed E-state index contributed by atoms with van der Waals surface area (Å²) in [5, 5.41) is 24.9. The molecule has 0 amide bonds. The summed E-state index contributed by atoms with van der Waals surface area (Å²) in [4.78, 5) is 8.31. The number of nitriles is 1. The number of rotatable bonds is 5. The third-order valence-corrected chi connectivity index (χ3v) is 4.55. The normalized spacial score (nSPS) is 11.6. The number of amidine groups is 2. The summed E-state index contributed by atoms with van der Waals surface area (Å²) >= 11 is 1.57. The van der Waals surface area contributed by atoms with Crippen molar-refractivity contribution in [3.8, 4) is 6.07 Å². The minimum atomic E-state index is -0.0347. The molecule has 4 N–H and O–H groups in total. The van der Waals surface area contributed by atoms with Crippen molar-refractivity contribution in [3.05, 3.63) is 76.8 Å². The van der Waals surface area contributed by atoms with E-state index in [1.54, 1.807) is 41.1 Å². The quantitative estimate of drug-likeness (QED) is 0.467. The van der Waals surface area contributed by atoms with E-state index in [9.17, 15) is 0 Å². The molecule has 3 rings (SSSR count). The number of benzene rings is 2. The molecule has 0 saturated heterocycles. The lowest BCUT2D eigenvalue weighted by molar-refractivity contribution is 1.28. The van der Waals surface area contributed by atoms with Crippen LogP contribution < -0.4 is 5.73 Å². The SMILES string of the molecule is N#Cc1cccc(C(=N)/C=C\C(=N)N=C(N)Cc2ccc3ncsc3c2)c1. The third kappa shape index (κ3) is 4.71. The van der Waals surface area contributed by atoms with Crippen LogP contribution in [0.4, 0.5) is 0 Å². The molecule has 0 aliphatic carbocycles. The van der Waals surface area contributed by atoms with Crippen molar-refractivity contribution < 1.29 is 0 Å². The number of fused-ring (bicyclic) bond motifs is 1. The van der Waals surface area contributed by atoms with Crippen LogP contribution in [-0.2, 0) is 6.42 Å². The Kier molecular flexibility index (Phi) is 5.50. The Morgan fingerprint density at radius 1 is 1.22 bits per heavy atom. The van der Waals surface area contributed by atoms with E-state index in [1.165, 1.54) is 12.2 Å². The summed E-state index contributed by atoms with van der Waals surface area (Å²) in [6.45, 7) is 0. The smallest absolute Gasteiger partial charge is 0.146 e. The molecule has 0 saturated carbocycles. The van der Waals surface area contributed by atoms with E-state index in [1.807, 2.05) is 24.3 Å². The van der Waals surface area contributed by atoms with Crippen molar-refractivity contribution in [2.45, 2.75) is 6.42 Å². The molecular formula is C20H16N6S. The summed E-state index contributed by atoms with van der Waals surface area (Å²) in [5.74, 6) is 0.291. The summed E-state index contributed by atoms with van der Waals surface area (Å²) in [6, 6.07) is 14.7. The summed E-state index contributed by atoms with van der Waals surface area (Å²) in [7, 11) is 0. The highest BCUT2D eigenvalue weighted by atomic mass is 32.1. The van der Waals surface area contributed by atoms with Crippen molar-refractivity contribution in [2.75, 3.05) is 0 Å². The first-order chi connectivity index (χ1) is 13.0. The van der Waals surface area contributed by atoms with Crippen LogP contribution in [0.2, 0.25) is 0 Å². The molecule has 0 fully saturated rings. The molecule has 3 aromatic rings. The molecule has 27 heavy (non-hydrogen) atoms. The van der Waals surface area contributed by atoms with Gasteiger partial charge in [0.15, 0.2) is 0 Å². The molecule has 0 spiro atoms. The highest BCUT2D eigenvalue weighted by Gasteiger charge is 2.03. The summed E-state index contributed by atoms with van der Waals surface area (Å²) < 4.78 is 1.09. The van der Waals surface area contributed by atoms with E-state index in [2.05, 4.69) is 9.98 Å². The fourth-order valence-electron chi connectivity index (χ4n) is 2.46. The molecule has 132 valence electrons. The third-order valence-electron chi connectivity index (χ3n) is 3.76. The van der Waals surface area contributed by atoms with Crippen molar-refractivity contribution >= 4 is 38.9 Å². The second-order valence-electron chi connectivity index (χ2n) is 5.76. The largest absolute Gasteiger partial charge is 0.387 e. The average Bonchev–Trinajstić information content (AvgIpc) is 3.13. The van der Waals surface area contributed by atoms with Crippen LogP contribution in [0.3, 0.4) is 0 Å². The van der Waals surface area contributed by atoms with Crippen molar-refractivity contribution in [1.29, 1.82) is 16.1 Å². The van der Waals surface area contributed by atoms with Gasteiger partial charge in [0, 0.05) is 12.0 Å². The Hall–Kier alpha value is -3.63. The summed E-state index contributed by atoms with van der Waals surface area (Å²) in [5.41, 5.74) is 11.0. The molecule has 0 unspecified atom stereocenters. The van der Waals surface area contributed by atoms with Crippen LogP contribution in [0.15, 0.2) is 65.1 Å². The second-order valence-corrected chi connectivity index (χ2v) is 6.65. The fourth-order valence-corrected chi connectivity index (χ4v) is 3.21. The Bertz CT molecular complexity index is 1120. The van der Waals surface area contributed by atoms with E-state index < -0.39 is 0 Å². The molecular weight excluding hydrogens is 356 g/mol. The number of allylic oxidation sites excluding steroid dienone is 1. The number of nitrogens with one attached hydrogen (secondary N) is 2. The monoisotopic (exact) mass is 372 g/mol. The van der Waals surface area contributed by atoms with Crippen LogP contribution in [-0.4, -0.2) is 22.4 Å². The Morgan fingerprint density at radius 2 is 2.07 bits per heavy atom. The van der Waals surface area contributed by atoms with Gasteiger partial charge in [-0.2, -0.15) is 5.26 Å². The predicted octanol–water partition coefficient (Wildman–Crippen LogP) is 3.67. The second kappa shape index (κ2) is 8.17. The maximum atomic E-state index is 8.92. The zero-order valence-electron chi connectivity index (χ0n) is 14.3. The Morgan fingerprint density at radius 3 is 2.89 bits per heavy atom. The lowest BCUT2D eigenvalue weighted by atomic mass is 10.1. The van der Waals surface area contributed by atoms with E-state index in [-0.39, 0.29) is 11.5 Å². The van der Waals surface area contributed by atoms with Crippen LogP contribution in [0.1, 0.15) is 16.7 Å². The topological polar surface area (TPSA) is 123 Å². The van der Waals surface area contributed by atoms with Gasteiger partial charge in [0.2, 0.25) is 0 Å². The highest BCUT2D eigenvalue weighted by molar-refractivity contribution is 7.16. The van der Waals surface area contributed by atoms with Gasteiger partial charge in [-0.1, -0.05) is 18.2 Å². The molecule has 1 aromatic heterocycles. The minimum absolute atomic E-state index is 0.0347. The molecule has 6 nitrogen and oxygen atoms in total. The fraction of sp³-hybridized carbons (Fsp3) is 0.0500. The number of aliphatic imine (C=N–C) groups is 1. The van der Waals surface area contributed by atoms with Gasteiger partial charge in [-0.15, -0.1) is 11.3 Å². The lowest BCUT2D eigenvalue weighted by Gasteiger charge is -2.02. The molecule has 0 atom stereocenters. The average molecular weight is 372 g/mol. The van der Waals surface area contributed by atoms with Gasteiger partial charge in [-0.05, 0) is 42.0 Å². The van der Waals surface area contributed by atoms with Gasteiger partial charge < -0.3 is 11.1 Å². The zero-order chi connectivity index (χ0) is 19.2. The van der Waals surface area contributed by atoms with Gasteiger partial charge in [0.05, 0.1) is 33.1 Å².